The first-order valence-corrected chi connectivity index (χ1v) is 8.98. The Morgan fingerprint density at radius 2 is 2.11 bits per heavy atom. The van der Waals surface area contributed by atoms with Gasteiger partial charge in [0.15, 0.2) is 0 Å². The normalized spacial score (nSPS) is 37.6. The van der Waals surface area contributed by atoms with E-state index in [-0.39, 0.29) is 11.7 Å². The zero-order valence-corrected chi connectivity index (χ0v) is 12.8. The first-order chi connectivity index (χ1) is 9.19. The average molecular weight is 285 g/mol. The highest BCUT2D eigenvalue weighted by molar-refractivity contribution is 7.99. The summed E-state index contributed by atoms with van der Waals surface area (Å²) in [5, 5.41) is 9.76. The lowest BCUT2D eigenvalue weighted by atomic mass is 9.85. The number of aliphatic hydroxyl groups is 1. The summed E-state index contributed by atoms with van der Waals surface area (Å²) < 4.78 is 6.18. The van der Waals surface area contributed by atoms with Crippen molar-refractivity contribution in [3.05, 3.63) is 0 Å². The summed E-state index contributed by atoms with van der Waals surface area (Å²) in [5.74, 6) is 3.02. The molecule has 0 radical (unpaired) electrons. The van der Waals surface area contributed by atoms with Crippen molar-refractivity contribution >= 4 is 11.8 Å². The molecule has 4 heteroatoms. The minimum absolute atomic E-state index is 0.148. The number of hydrogen-bond donors (Lipinski definition) is 1. The van der Waals surface area contributed by atoms with Gasteiger partial charge in [-0.2, -0.15) is 11.8 Å². The van der Waals surface area contributed by atoms with Crippen LogP contribution in [0.4, 0.5) is 0 Å². The molecule has 0 bridgehead atoms. The predicted molar refractivity (Wildman–Crippen MR) is 79.6 cm³/mol. The molecule has 3 unspecified atom stereocenters. The Morgan fingerprint density at radius 1 is 1.32 bits per heavy atom. The maximum Gasteiger partial charge on any atom is 0.0713 e. The molecule has 1 spiro atoms. The average Bonchev–Trinajstić information content (AvgIpc) is 2.89. The molecule has 3 heterocycles. The van der Waals surface area contributed by atoms with E-state index in [2.05, 4.69) is 16.7 Å². The largest absolute Gasteiger partial charge is 0.393 e. The van der Waals surface area contributed by atoms with Crippen LogP contribution in [0.3, 0.4) is 0 Å². The Hall–Kier alpha value is 0.230. The van der Waals surface area contributed by atoms with E-state index in [1.54, 1.807) is 0 Å². The molecule has 0 aliphatic carbocycles. The van der Waals surface area contributed by atoms with Crippen molar-refractivity contribution in [3.63, 3.8) is 0 Å². The smallest absolute Gasteiger partial charge is 0.0713 e. The molecule has 0 amide bonds. The molecule has 19 heavy (non-hydrogen) atoms. The highest BCUT2D eigenvalue weighted by Gasteiger charge is 2.42. The van der Waals surface area contributed by atoms with Gasteiger partial charge < -0.3 is 9.84 Å². The number of nitrogens with zero attached hydrogens (tertiary/aromatic N) is 1. The van der Waals surface area contributed by atoms with Crippen molar-refractivity contribution in [1.29, 1.82) is 0 Å². The lowest BCUT2D eigenvalue weighted by Gasteiger charge is -2.45. The van der Waals surface area contributed by atoms with Gasteiger partial charge in [0.05, 0.1) is 11.7 Å². The number of ether oxygens (including phenoxy) is 1. The van der Waals surface area contributed by atoms with Crippen LogP contribution in [0.25, 0.3) is 0 Å². The lowest BCUT2D eigenvalue weighted by molar-refractivity contribution is -0.108. The second-order valence-corrected chi connectivity index (χ2v) is 7.80. The first kappa shape index (κ1) is 14.2. The van der Waals surface area contributed by atoms with Crippen LogP contribution < -0.4 is 0 Å². The van der Waals surface area contributed by atoms with E-state index in [1.165, 1.54) is 43.7 Å². The molecule has 0 aromatic heterocycles. The molecule has 3 aliphatic rings. The van der Waals surface area contributed by atoms with Gasteiger partial charge >= 0.3 is 0 Å². The van der Waals surface area contributed by atoms with Crippen LogP contribution in [0.15, 0.2) is 0 Å². The van der Waals surface area contributed by atoms with Gasteiger partial charge in [0, 0.05) is 19.2 Å². The maximum atomic E-state index is 9.76. The van der Waals surface area contributed by atoms with Crippen LogP contribution in [0, 0.1) is 5.92 Å². The van der Waals surface area contributed by atoms with Crippen LogP contribution in [-0.2, 0) is 4.74 Å². The van der Waals surface area contributed by atoms with Gasteiger partial charge in [-0.1, -0.05) is 0 Å². The van der Waals surface area contributed by atoms with E-state index in [1.807, 2.05) is 6.92 Å². The fourth-order valence-electron chi connectivity index (χ4n) is 3.95. The minimum atomic E-state index is -0.148. The van der Waals surface area contributed by atoms with Gasteiger partial charge in [-0.05, 0) is 63.0 Å². The first-order valence-electron chi connectivity index (χ1n) is 7.82. The standard InChI is InChI=1S/C15H27NO2S/c1-12(17)13-2-6-16(11-13)14-3-7-18-15(10-14)4-8-19-9-5-15/h12-14,17H,2-11H2,1H3. The highest BCUT2D eigenvalue weighted by atomic mass is 32.2. The minimum Gasteiger partial charge on any atom is -0.393 e. The Kier molecular flexibility index (Phi) is 4.42. The van der Waals surface area contributed by atoms with E-state index in [9.17, 15) is 5.11 Å². The third-order valence-corrected chi connectivity index (χ3v) is 6.31. The molecule has 0 aromatic rings. The summed E-state index contributed by atoms with van der Waals surface area (Å²) in [6.07, 6.45) is 5.90. The highest BCUT2D eigenvalue weighted by Crippen LogP contribution is 2.40. The number of hydrogen-bond acceptors (Lipinski definition) is 4. The van der Waals surface area contributed by atoms with Crippen molar-refractivity contribution in [2.45, 2.75) is 56.8 Å². The topological polar surface area (TPSA) is 32.7 Å². The third kappa shape index (κ3) is 3.12. The van der Waals surface area contributed by atoms with Gasteiger partial charge in [0.1, 0.15) is 0 Å². The van der Waals surface area contributed by atoms with Crippen molar-refractivity contribution < 1.29 is 9.84 Å². The summed E-state index contributed by atoms with van der Waals surface area (Å²) in [4.78, 5) is 2.63. The lowest BCUT2D eigenvalue weighted by Crippen LogP contribution is -2.49. The van der Waals surface area contributed by atoms with Crippen molar-refractivity contribution in [2.24, 2.45) is 5.92 Å². The summed E-state index contributed by atoms with van der Waals surface area (Å²) >= 11 is 2.07. The van der Waals surface area contributed by atoms with Crippen molar-refractivity contribution in [3.8, 4) is 0 Å². The second-order valence-electron chi connectivity index (χ2n) is 6.57. The molecule has 110 valence electrons. The van der Waals surface area contributed by atoms with Gasteiger partial charge in [0.25, 0.3) is 0 Å². The monoisotopic (exact) mass is 285 g/mol. The van der Waals surface area contributed by atoms with Crippen LogP contribution >= 0.6 is 11.8 Å². The molecule has 3 aliphatic heterocycles. The molecule has 3 saturated heterocycles. The molecule has 0 saturated carbocycles. The van der Waals surface area contributed by atoms with Crippen LogP contribution in [0.2, 0.25) is 0 Å². The van der Waals surface area contributed by atoms with Gasteiger partial charge in [-0.25, -0.2) is 0 Å². The Labute approximate surface area is 121 Å². The van der Waals surface area contributed by atoms with Crippen LogP contribution in [0.1, 0.15) is 39.0 Å². The Morgan fingerprint density at radius 3 is 2.79 bits per heavy atom. The van der Waals surface area contributed by atoms with Gasteiger partial charge in [0.2, 0.25) is 0 Å². The molecule has 0 aromatic carbocycles. The third-order valence-electron chi connectivity index (χ3n) is 5.33. The summed E-state index contributed by atoms with van der Waals surface area (Å²) in [5.41, 5.74) is 0.192. The Balaban J connectivity index is 1.59. The summed E-state index contributed by atoms with van der Waals surface area (Å²) in [7, 11) is 0. The molecular formula is C15H27NO2S. The van der Waals surface area contributed by atoms with E-state index in [0.717, 1.165) is 19.6 Å². The second kappa shape index (κ2) is 5.92. The van der Waals surface area contributed by atoms with E-state index >= 15 is 0 Å². The van der Waals surface area contributed by atoms with Gasteiger partial charge in [-0.15, -0.1) is 0 Å². The summed E-state index contributed by atoms with van der Waals surface area (Å²) in [6.45, 7) is 5.14. The van der Waals surface area contributed by atoms with Crippen molar-refractivity contribution in [2.75, 3.05) is 31.2 Å². The number of likely N-dealkylation sites (tertiary alicyclic amines) is 1. The van der Waals surface area contributed by atoms with E-state index in [4.69, 9.17) is 4.74 Å². The van der Waals surface area contributed by atoms with Crippen LogP contribution in [0.5, 0.6) is 0 Å². The van der Waals surface area contributed by atoms with E-state index in [0.29, 0.717) is 12.0 Å². The molecule has 3 fully saturated rings. The fraction of sp³-hybridized carbons (Fsp3) is 1.00. The molecule has 3 rings (SSSR count). The molecule has 1 N–H and O–H groups in total. The zero-order chi connectivity index (χ0) is 13.3. The predicted octanol–water partition coefficient (Wildman–Crippen LogP) is 2.13. The quantitative estimate of drug-likeness (QED) is 0.842. The SMILES string of the molecule is CC(O)C1CCN(C2CCOC3(CCSCC3)C2)C1. The maximum absolute atomic E-state index is 9.76. The molecule has 3 nitrogen and oxygen atoms in total. The fourth-order valence-corrected chi connectivity index (χ4v) is 5.18. The Bertz CT molecular complexity index is 299. The molecular weight excluding hydrogens is 258 g/mol. The van der Waals surface area contributed by atoms with Gasteiger partial charge in [-0.3, -0.25) is 4.90 Å². The molecule has 3 atom stereocenters. The number of aliphatic hydroxyl groups excluding tert-OH is 1. The summed E-state index contributed by atoms with van der Waals surface area (Å²) in [6, 6.07) is 0.695. The van der Waals surface area contributed by atoms with Crippen LogP contribution in [-0.4, -0.2) is 59.0 Å². The number of thioether (sulfide) groups is 1. The van der Waals surface area contributed by atoms with Crippen molar-refractivity contribution in [1.82, 2.24) is 4.90 Å². The van der Waals surface area contributed by atoms with E-state index < -0.39 is 0 Å². The zero-order valence-electron chi connectivity index (χ0n) is 12.0. The number of rotatable bonds is 2.